The topological polar surface area (TPSA) is 99.1 Å². The fraction of sp³-hybridized carbons (Fsp3) is 0.333. The third kappa shape index (κ3) is 7.78. The second kappa shape index (κ2) is 13.1. The Morgan fingerprint density at radius 1 is 0.698 bits per heavy atom. The number of nitrogens with two attached hydrogens (primary N) is 1. The molecule has 0 saturated carbocycles. The zero-order valence-electron chi connectivity index (χ0n) is 27.1. The SMILES string of the molecule is Cc1ccccc1N(C)c1nc(C(C)(C)C)ccc1C#N.Cc1ccccc1N(C)c1nc(C(C)(C)C)ccc1C(N)=O. The minimum atomic E-state index is -0.469. The van der Waals surface area contributed by atoms with Crippen LogP contribution in [0.3, 0.4) is 0 Å². The van der Waals surface area contributed by atoms with Crippen LogP contribution in [0.2, 0.25) is 0 Å². The third-order valence-corrected chi connectivity index (χ3v) is 7.26. The van der Waals surface area contributed by atoms with Crippen LogP contribution < -0.4 is 15.5 Å². The Morgan fingerprint density at radius 3 is 1.53 bits per heavy atom. The second-order valence-electron chi connectivity index (χ2n) is 12.8. The third-order valence-electron chi connectivity index (χ3n) is 7.26. The first-order valence-corrected chi connectivity index (χ1v) is 14.4. The summed E-state index contributed by atoms with van der Waals surface area (Å²) in [6.07, 6.45) is 0. The average Bonchev–Trinajstić information content (AvgIpc) is 2.95. The highest BCUT2D eigenvalue weighted by molar-refractivity contribution is 5.98. The minimum absolute atomic E-state index is 0.0463. The van der Waals surface area contributed by atoms with Gasteiger partial charge in [0.2, 0.25) is 0 Å². The van der Waals surface area contributed by atoms with Crippen LogP contribution >= 0.6 is 0 Å². The van der Waals surface area contributed by atoms with E-state index < -0.39 is 5.91 Å². The molecule has 0 spiro atoms. The van der Waals surface area contributed by atoms with Gasteiger partial charge in [0.1, 0.15) is 11.9 Å². The van der Waals surface area contributed by atoms with E-state index in [1.165, 1.54) is 0 Å². The Morgan fingerprint density at radius 2 is 1.12 bits per heavy atom. The molecule has 2 aromatic heterocycles. The number of aromatic nitrogens is 2. The van der Waals surface area contributed by atoms with Crippen molar-refractivity contribution in [1.29, 1.82) is 5.26 Å². The van der Waals surface area contributed by atoms with Crippen LogP contribution in [0.15, 0.2) is 72.8 Å². The number of carbonyl (C=O) groups is 1. The highest BCUT2D eigenvalue weighted by atomic mass is 16.1. The van der Waals surface area contributed by atoms with E-state index in [0.29, 0.717) is 22.8 Å². The molecule has 7 nitrogen and oxygen atoms in total. The van der Waals surface area contributed by atoms with Crippen molar-refractivity contribution < 1.29 is 4.79 Å². The van der Waals surface area contributed by atoms with Crippen LogP contribution in [-0.4, -0.2) is 30.0 Å². The molecule has 2 N–H and O–H groups in total. The molecule has 0 saturated heterocycles. The second-order valence-corrected chi connectivity index (χ2v) is 12.8. The molecule has 0 fully saturated rings. The predicted octanol–water partition coefficient (Wildman–Crippen LogP) is 7.88. The smallest absolute Gasteiger partial charge is 0.252 e. The van der Waals surface area contributed by atoms with Gasteiger partial charge in [0, 0.05) is 47.7 Å². The van der Waals surface area contributed by atoms with Crippen LogP contribution in [0.4, 0.5) is 23.0 Å². The number of hydrogen-bond donors (Lipinski definition) is 1. The van der Waals surface area contributed by atoms with Gasteiger partial charge in [0.25, 0.3) is 5.91 Å². The Labute approximate surface area is 257 Å². The maximum atomic E-state index is 11.8. The van der Waals surface area contributed by atoms with Crippen LogP contribution in [-0.2, 0) is 10.8 Å². The molecule has 4 aromatic rings. The number of nitrogens with zero attached hydrogens (tertiary/aromatic N) is 5. The number of primary amides is 1. The van der Waals surface area contributed by atoms with Crippen molar-refractivity contribution in [3.05, 3.63) is 106 Å². The van der Waals surface area contributed by atoms with Gasteiger partial charge in [-0.3, -0.25) is 4.79 Å². The molecular weight excluding hydrogens is 532 g/mol. The monoisotopic (exact) mass is 576 g/mol. The van der Waals surface area contributed by atoms with Gasteiger partial charge in [0.15, 0.2) is 5.82 Å². The minimum Gasteiger partial charge on any atom is -0.365 e. The Bertz CT molecular complexity index is 1640. The van der Waals surface area contributed by atoms with E-state index in [9.17, 15) is 10.1 Å². The van der Waals surface area contributed by atoms with Gasteiger partial charge in [-0.15, -0.1) is 0 Å². The number of para-hydroxylation sites is 2. The van der Waals surface area contributed by atoms with Gasteiger partial charge >= 0.3 is 0 Å². The lowest BCUT2D eigenvalue weighted by Crippen LogP contribution is -2.23. The number of aryl methyl sites for hydroxylation is 2. The van der Waals surface area contributed by atoms with Crippen molar-refractivity contribution in [2.45, 2.75) is 66.2 Å². The summed E-state index contributed by atoms with van der Waals surface area (Å²) in [6, 6.07) is 25.8. The Balaban J connectivity index is 0.000000236. The van der Waals surface area contributed by atoms with E-state index in [2.05, 4.69) is 60.6 Å². The number of hydrogen-bond acceptors (Lipinski definition) is 6. The standard InChI is InChI=1S/C18H23N3O.C18H21N3/c1-12-8-6-7-9-14(12)21(5)17-13(16(19)22)10-11-15(20-17)18(2,3)4;1-13-8-6-7-9-15(13)21(5)17-14(12-19)10-11-16(20-17)18(2,3)4/h6-11H,1-5H3,(H2,19,22);6-11H,1-5H3. The quantitative estimate of drug-likeness (QED) is 0.259. The molecule has 4 rings (SSSR count). The molecule has 7 heteroatoms. The molecule has 0 aliphatic rings. The number of carbonyl (C=O) groups excluding carboxylic acids is 1. The molecule has 0 aliphatic carbocycles. The number of nitriles is 1. The van der Waals surface area contributed by atoms with E-state index in [1.54, 1.807) is 6.07 Å². The van der Waals surface area contributed by atoms with Crippen LogP contribution in [0, 0.1) is 25.2 Å². The molecule has 224 valence electrons. The van der Waals surface area contributed by atoms with Gasteiger partial charge in [-0.05, 0) is 61.4 Å². The zero-order valence-corrected chi connectivity index (χ0v) is 27.1. The van der Waals surface area contributed by atoms with E-state index in [0.717, 1.165) is 33.9 Å². The summed E-state index contributed by atoms with van der Waals surface area (Å²) in [5, 5.41) is 9.36. The first kappa shape index (κ1) is 32.8. The summed E-state index contributed by atoms with van der Waals surface area (Å²) in [7, 11) is 3.86. The molecule has 0 unspecified atom stereocenters. The zero-order chi connectivity index (χ0) is 32.1. The number of anilines is 4. The van der Waals surface area contributed by atoms with Crippen molar-refractivity contribution >= 4 is 28.9 Å². The largest absolute Gasteiger partial charge is 0.365 e. The summed E-state index contributed by atoms with van der Waals surface area (Å²) in [4.78, 5) is 25.1. The molecule has 43 heavy (non-hydrogen) atoms. The number of benzene rings is 2. The fourth-order valence-corrected chi connectivity index (χ4v) is 4.63. The lowest BCUT2D eigenvalue weighted by atomic mass is 9.91. The van der Waals surface area contributed by atoms with Crippen molar-refractivity contribution in [3.63, 3.8) is 0 Å². The summed E-state index contributed by atoms with van der Waals surface area (Å²) in [5.41, 5.74) is 12.6. The maximum Gasteiger partial charge on any atom is 0.252 e. The predicted molar refractivity (Wildman–Crippen MR) is 178 cm³/mol. The van der Waals surface area contributed by atoms with Crippen molar-refractivity contribution in [2.24, 2.45) is 5.73 Å². The fourth-order valence-electron chi connectivity index (χ4n) is 4.63. The molecule has 0 atom stereocenters. The summed E-state index contributed by atoms with van der Waals surface area (Å²) in [6.45, 7) is 16.7. The first-order valence-electron chi connectivity index (χ1n) is 14.4. The van der Waals surface area contributed by atoms with E-state index in [1.807, 2.05) is 91.5 Å². The van der Waals surface area contributed by atoms with Crippen LogP contribution in [0.5, 0.6) is 0 Å². The molecular formula is C36H44N6O. The highest BCUT2D eigenvalue weighted by Crippen LogP contribution is 2.32. The number of pyridine rings is 2. The lowest BCUT2D eigenvalue weighted by Gasteiger charge is -2.25. The van der Waals surface area contributed by atoms with Gasteiger partial charge in [-0.1, -0.05) is 77.9 Å². The van der Waals surface area contributed by atoms with Gasteiger partial charge < -0.3 is 15.5 Å². The highest BCUT2D eigenvalue weighted by Gasteiger charge is 2.22. The lowest BCUT2D eigenvalue weighted by molar-refractivity contribution is 0.100. The van der Waals surface area contributed by atoms with Gasteiger partial charge in [-0.25, -0.2) is 9.97 Å². The normalized spacial score (nSPS) is 11.2. The average molecular weight is 577 g/mol. The Hall–Kier alpha value is -4.70. The molecule has 0 aliphatic heterocycles. The van der Waals surface area contributed by atoms with E-state index in [-0.39, 0.29) is 10.8 Å². The van der Waals surface area contributed by atoms with Crippen molar-refractivity contribution in [1.82, 2.24) is 9.97 Å². The van der Waals surface area contributed by atoms with Gasteiger partial charge in [0.05, 0.1) is 11.1 Å². The summed E-state index contributed by atoms with van der Waals surface area (Å²) in [5.74, 6) is 0.830. The number of rotatable bonds is 5. The van der Waals surface area contributed by atoms with Crippen LogP contribution in [0.1, 0.15) is 80.0 Å². The van der Waals surface area contributed by atoms with Gasteiger partial charge in [-0.2, -0.15) is 5.26 Å². The molecule has 1 amide bonds. The van der Waals surface area contributed by atoms with Crippen LogP contribution in [0.25, 0.3) is 0 Å². The molecule has 0 bridgehead atoms. The number of amides is 1. The molecule has 0 radical (unpaired) electrons. The van der Waals surface area contributed by atoms with E-state index >= 15 is 0 Å². The first-order chi connectivity index (χ1) is 20.1. The summed E-state index contributed by atoms with van der Waals surface area (Å²) >= 11 is 0. The molecule has 2 heterocycles. The van der Waals surface area contributed by atoms with E-state index in [4.69, 9.17) is 15.7 Å². The maximum absolute atomic E-state index is 11.8. The Kier molecular flexibility index (Phi) is 9.98. The molecule has 2 aromatic carbocycles. The van der Waals surface area contributed by atoms with Crippen molar-refractivity contribution in [2.75, 3.05) is 23.9 Å². The summed E-state index contributed by atoms with van der Waals surface area (Å²) < 4.78 is 0. The van der Waals surface area contributed by atoms with Crippen molar-refractivity contribution in [3.8, 4) is 6.07 Å².